The van der Waals surface area contributed by atoms with Gasteiger partial charge >= 0.3 is 0 Å². The average molecular weight is 477 g/mol. The van der Waals surface area contributed by atoms with Crippen LogP contribution in [0.5, 0.6) is 0 Å². The Kier molecular flexibility index (Phi) is 13.8. The lowest BCUT2D eigenvalue weighted by Crippen LogP contribution is -2.47. The first-order valence-electron chi connectivity index (χ1n) is 9.38. The number of ether oxygens (including phenoxy) is 1. The molecule has 0 aliphatic carbocycles. The van der Waals surface area contributed by atoms with Gasteiger partial charge in [-0.05, 0) is 30.9 Å². The summed E-state index contributed by atoms with van der Waals surface area (Å²) < 4.78 is 5.26. The summed E-state index contributed by atoms with van der Waals surface area (Å²) in [5, 5.41) is 17.3. The number of nitrogens with one attached hydrogen (secondary N) is 2. The Labute approximate surface area is 176 Å². The van der Waals surface area contributed by atoms with Crippen LogP contribution in [0, 0.1) is 0 Å². The van der Waals surface area contributed by atoms with Crippen molar-refractivity contribution in [2.45, 2.75) is 65.2 Å². The van der Waals surface area contributed by atoms with E-state index in [2.05, 4.69) is 41.6 Å². The molecular formula is C20H36IN3O2. The topological polar surface area (TPSA) is 65.9 Å². The first-order valence-corrected chi connectivity index (χ1v) is 9.38. The normalized spacial score (nSPS) is 11.8. The van der Waals surface area contributed by atoms with Crippen molar-refractivity contribution in [2.24, 2.45) is 4.99 Å². The van der Waals surface area contributed by atoms with E-state index in [0.29, 0.717) is 19.7 Å². The lowest BCUT2D eigenvalue weighted by atomic mass is 9.93. The summed E-state index contributed by atoms with van der Waals surface area (Å²) in [5.74, 6) is 0.736. The van der Waals surface area contributed by atoms with Gasteiger partial charge < -0.3 is 20.5 Å². The molecule has 0 fully saturated rings. The number of rotatable bonds is 11. The Morgan fingerprint density at radius 3 is 2.23 bits per heavy atom. The Balaban J connectivity index is 0.00000625. The molecule has 0 unspecified atom stereocenters. The van der Waals surface area contributed by atoms with Gasteiger partial charge in [0.25, 0.3) is 0 Å². The zero-order chi connectivity index (χ0) is 18.5. The summed E-state index contributed by atoms with van der Waals surface area (Å²) in [6, 6.07) is 8.17. The highest BCUT2D eigenvalue weighted by molar-refractivity contribution is 14.0. The second kappa shape index (κ2) is 14.2. The van der Waals surface area contributed by atoms with E-state index in [1.807, 2.05) is 19.1 Å². The molecule has 26 heavy (non-hydrogen) atoms. The third-order valence-corrected chi connectivity index (χ3v) is 4.19. The first kappa shape index (κ1) is 25.1. The molecule has 0 aliphatic rings. The molecule has 0 aliphatic heterocycles. The lowest BCUT2D eigenvalue weighted by molar-refractivity contribution is 0.0257. The molecule has 1 aromatic rings. The molecule has 0 saturated heterocycles. The minimum absolute atomic E-state index is 0. The molecular weight excluding hydrogens is 441 g/mol. The maximum Gasteiger partial charge on any atom is 0.191 e. The van der Waals surface area contributed by atoms with Gasteiger partial charge in [-0.2, -0.15) is 0 Å². The Bertz CT molecular complexity index is 518. The monoisotopic (exact) mass is 477 g/mol. The van der Waals surface area contributed by atoms with Crippen LogP contribution in [-0.4, -0.2) is 36.9 Å². The Morgan fingerprint density at radius 2 is 1.69 bits per heavy atom. The van der Waals surface area contributed by atoms with Crippen molar-refractivity contribution in [3.05, 3.63) is 35.4 Å². The number of halogens is 1. The summed E-state index contributed by atoms with van der Waals surface area (Å²) in [7, 11) is 1.70. The smallest absolute Gasteiger partial charge is 0.191 e. The highest BCUT2D eigenvalue weighted by atomic mass is 127. The van der Waals surface area contributed by atoms with Gasteiger partial charge in [0.2, 0.25) is 0 Å². The first-order chi connectivity index (χ1) is 12.1. The molecule has 0 spiro atoms. The quantitative estimate of drug-likeness (QED) is 0.258. The van der Waals surface area contributed by atoms with Crippen molar-refractivity contribution < 1.29 is 9.84 Å². The van der Waals surface area contributed by atoms with E-state index in [-0.39, 0.29) is 24.0 Å². The number of nitrogens with zero attached hydrogens (tertiary/aromatic N) is 1. The SMILES string of the molecule is CCCC(O)(CCC)CNC(=NCc1ccccc1COC)NCC.I. The van der Waals surface area contributed by atoms with Crippen molar-refractivity contribution in [1.29, 1.82) is 0 Å². The van der Waals surface area contributed by atoms with Crippen LogP contribution < -0.4 is 10.6 Å². The van der Waals surface area contributed by atoms with E-state index in [9.17, 15) is 5.11 Å². The second-order valence-corrected chi connectivity index (χ2v) is 6.47. The Morgan fingerprint density at radius 1 is 1.08 bits per heavy atom. The summed E-state index contributed by atoms with van der Waals surface area (Å²) in [6.07, 6.45) is 3.53. The number of hydrogen-bond acceptors (Lipinski definition) is 3. The van der Waals surface area contributed by atoms with Gasteiger partial charge in [-0.3, -0.25) is 0 Å². The predicted octanol–water partition coefficient (Wildman–Crippen LogP) is 3.84. The molecule has 0 bridgehead atoms. The molecule has 0 heterocycles. The van der Waals surface area contributed by atoms with Crippen molar-refractivity contribution in [2.75, 3.05) is 20.2 Å². The van der Waals surface area contributed by atoms with Crippen LogP contribution in [0.15, 0.2) is 29.3 Å². The third kappa shape index (κ3) is 9.19. The minimum atomic E-state index is -0.673. The summed E-state index contributed by atoms with van der Waals surface area (Å²) >= 11 is 0. The largest absolute Gasteiger partial charge is 0.388 e. The van der Waals surface area contributed by atoms with Crippen LogP contribution in [0.1, 0.15) is 57.6 Å². The molecule has 0 aromatic heterocycles. The van der Waals surface area contributed by atoms with Crippen LogP contribution in [0.3, 0.4) is 0 Å². The van der Waals surface area contributed by atoms with E-state index in [1.165, 1.54) is 0 Å². The van der Waals surface area contributed by atoms with Gasteiger partial charge in [0.1, 0.15) is 0 Å². The van der Waals surface area contributed by atoms with Crippen molar-refractivity contribution >= 4 is 29.9 Å². The van der Waals surface area contributed by atoms with Crippen LogP contribution >= 0.6 is 24.0 Å². The summed E-state index contributed by atoms with van der Waals surface area (Å²) in [4.78, 5) is 4.68. The third-order valence-electron chi connectivity index (χ3n) is 4.19. The molecule has 0 radical (unpaired) electrons. The molecule has 3 N–H and O–H groups in total. The standard InChI is InChI=1S/C20H35N3O2.HI/c1-5-12-20(24,13-6-2)16-23-19(21-7-3)22-14-17-10-8-9-11-18(17)15-25-4;/h8-11,24H,5-7,12-16H2,1-4H3,(H2,21,22,23);1H. The molecule has 0 atom stereocenters. The van der Waals surface area contributed by atoms with E-state index >= 15 is 0 Å². The summed E-state index contributed by atoms with van der Waals surface area (Å²) in [5.41, 5.74) is 1.63. The lowest BCUT2D eigenvalue weighted by Gasteiger charge is -2.28. The van der Waals surface area contributed by atoms with E-state index < -0.39 is 5.60 Å². The van der Waals surface area contributed by atoms with Crippen molar-refractivity contribution in [3.8, 4) is 0 Å². The van der Waals surface area contributed by atoms with E-state index in [4.69, 9.17) is 4.74 Å². The zero-order valence-electron chi connectivity index (χ0n) is 16.7. The fourth-order valence-electron chi connectivity index (χ4n) is 2.99. The number of aliphatic imine (C=N–C) groups is 1. The van der Waals surface area contributed by atoms with Gasteiger partial charge in [0.15, 0.2) is 5.96 Å². The molecule has 150 valence electrons. The zero-order valence-corrected chi connectivity index (χ0v) is 19.0. The maximum absolute atomic E-state index is 10.8. The number of aliphatic hydroxyl groups is 1. The van der Waals surface area contributed by atoms with Gasteiger partial charge in [-0.15, -0.1) is 24.0 Å². The molecule has 1 rings (SSSR count). The van der Waals surface area contributed by atoms with Gasteiger partial charge in [-0.25, -0.2) is 4.99 Å². The molecule has 6 heteroatoms. The fourth-order valence-corrected chi connectivity index (χ4v) is 2.99. The number of benzene rings is 1. The van der Waals surface area contributed by atoms with Crippen LogP contribution in [-0.2, 0) is 17.9 Å². The van der Waals surface area contributed by atoms with Crippen LogP contribution in [0.4, 0.5) is 0 Å². The van der Waals surface area contributed by atoms with E-state index in [0.717, 1.165) is 49.3 Å². The second-order valence-electron chi connectivity index (χ2n) is 6.47. The Hall–Kier alpha value is -0.860. The number of methoxy groups -OCH3 is 1. The molecule has 5 nitrogen and oxygen atoms in total. The van der Waals surface area contributed by atoms with Crippen molar-refractivity contribution in [3.63, 3.8) is 0 Å². The molecule has 0 amide bonds. The average Bonchev–Trinajstić information content (AvgIpc) is 2.59. The van der Waals surface area contributed by atoms with Gasteiger partial charge in [0.05, 0.1) is 18.8 Å². The van der Waals surface area contributed by atoms with Crippen LogP contribution in [0.25, 0.3) is 0 Å². The van der Waals surface area contributed by atoms with Gasteiger partial charge in [0, 0.05) is 20.2 Å². The maximum atomic E-state index is 10.8. The molecule has 1 aromatic carbocycles. The number of hydrogen-bond donors (Lipinski definition) is 3. The highest BCUT2D eigenvalue weighted by Gasteiger charge is 2.24. The molecule has 0 saturated carbocycles. The number of guanidine groups is 1. The summed E-state index contributed by atoms with van der Waals surface area (Å²) in [6.45, 7) is 8.71. The minimum Gasteiger partial charge on any atom is -0.388 e. The fraction of sp³-hybridized carbons (Fsp3) is 0.650. The highest BCUT2D eigenvalue weighted by Crippen LogP contribution is 2.18. The van der Waals surface area contributed by atoms with Crippen molar-refractivity contribution in [1.82, 2.24) is 10.6 Å². The van der Waals surface area contributed by atoms with Crippen LogP contribution in [0.2, 0.25) is 0 Å². The van der Waals surface area contributed by atoms with E-state index in [1.54, 1.807) is 7.11 Å². The van der Waals surface area contributed by atoms with Gasteiger partial charge in [-0.1, -0.05) is 51.0 Å². The predicted molar refractivity (Wildman–Crippen MR) is 120 cm³/mol.